The van der Waals surface area contributed by atoms with Gasteiger partial charge in [0.05, 0.1) is 38.6 Å². The fourth-order valence-corrected chi connectivity index (χ4v) is 6.67. The first-order chi connectivity index (χ1) is 23.1. The minimum absolute atomic E-state index is 0.000178. The number of benzene rings is 2. The van der Waals surface area contributed by atoms with Gasteiger partial charge in [-0.3, -0.25) is 0 Å². The van der Waals surface area contributed by atoms with Crippen molar-refractivity contribution in [2.24, 2.45) is 0 Å². The zero-order valence-electron chi connectivity index (χ0n) is 33.7. The lowest BCUT2D eigenvalue weighted by Gasteiger charge is -2.34. The van der Waals surface area contributed by atoms with Crippen molar-refractivity contribution in [3.8, 4) is 11.5 Å². The van der Waals surface area contributed by atoms with E-state index in [9.17, 15) is 0 Å². The minimum atomic E-state index is -0.000178. The second-order valence-corrected chi connectivity index (χ2v) is 17.8. The second kappa shape index (κ2) is 16.5. The zero-order chi connectivity index (χ0) is 36.0. The summed E-state index contributed by atoms with van der Waals surface area (Å²) in [7, 11) is 0. The van der Waals surface area contributed by atoms with Gasteiger partial charge in [-0.05, 0) is 103 Å². The number of hydrogen-bond donors (Lipinski definition) is 0. The van der Waals surface area contributed by atoms with Crippen LogP contribution in [0.1, 0.15) is 181 Å². The van der Waals surface area contributed by atoms with Crippen molar-refractivity contribution < 1.29 is 18.9 Å². The molecule has 276 valence electrons. The van der Waals surface area contributed by atoms with E-state index in [-0.39, 0.29) is 21.7 Å². The molecule has 2 saturated heterocycles. The topological polar surface area (TPSA) is 43.5 Å². The van der Waals surface area contributed by atoms with Crippen LogP contribution in [-0.2, 0) is 37.6 Å². The molecule has 2 aliphatic rings. The number of epoxide rings is 2. The fourth-order valence-electron chi connectivity index (χ4n) is 6.67. The van der Waals surface area contributed by atoms with Crippen LogP contribution in [0.25, 0.3) is 0 Å². The molecule has 49 heavy (non-hydrogen) atoms. The first kappa shape index (κ1) is 39.7. The molecule has 2 heterocycles. The molecule has 2 fully saturated rings. The van der Waals surface area contributed by atoms with Crippen LogP contribution >= 0.6 is 0 Å². The third-order valence-corrected chi connectivity index (χ3v) is 12.3. The third-order valence-electron chi connectivity index (χ3n) is 12.3. The van der Waals surface area contributed by atoms with E-state index in [1.807, 2.05) is 0 Å². The maximum Gasteiger partial charge on any atom is 0.126 e. The van der Waals surface area contributed by atoms with Crippen LogP contribution in [0.4, 0.5) is 0 Å². The van der Waals surface area contributed by atoms with Crippen LogP contribution < -0.4 is 9.47 Å². The molecule has 4 nitrogen and oxygen atoms in total. The lowest BCUT2D eigenvalue weighted by atomic mass is 9.73. The van der Waals surface area contributed by atoms with Crippen molar-refractivity contribution in [2.45, 2.75) is 188 Å². The van der Waals surface area contributed by atoms with E-state index < -0.39 is 0 Å². The molecule has 4 heteroatoms. The normalized spacial score (nSPS) is 18.1. The Balaban J connectivity index is 1.76. The summed E-state index contributed by atoms with van der Waals surface area (Å²) in [6, 6.07) is 9.93. The average molecular weight is 677 g/mol. The van der Waals surface area contributed by atoms with Crippen LogP contribution in [0.3, 0.4) is 0 Å². The van der Waals surface area contributed by atoms with Gasteiger partial charge in [-0.1, -0.05) is 107 Å². The minimum Gasteiger partial charge on any atom is -0.493 e. The highest BCUT2D eigenvalue weighted by atomic mass is 16.6. The molecule has 2 aromatic rings. The Morgan fingerprint density at radius 3 is 1.04 bits per heavy atom. The third kappa shape index (κ3) is 10.5. The Kier molecular flexibility index (Phi) is 13.4. The Morgan fingerprint density at radius 2 is 0.796 bits per heavy atom. The Hall–Kier alpha value is -2.04. The highest BCUT2D eigenvalue weighted by Gasteiger charge is 2.33. The van der Waals surface area contributed by atoms with Crippen LogP contribution in [0.15, 0.2) is 24.3 Å². The SMILES string of the molecule is CCC(C)(C)c1cc(Cc2cc(C(C)(C)CC)c(OCCCCC3CO3)c(C(C)(C)CC)c2)cc(C(C)(C)CC)c1OCCCCC1CO1. The molecule has 0 radical (unpaired) electrons. The number of rotatable bonds is 22. The van der Waals surface area contributed by atoms with E-state index >= 15 is 0 Å². The number of hydrogen-bond acceptors (Lipinski definition) is 4. The first-order valence-electron chi connectivity index (χ1n) is 19.9. The van der Waals surface area contributed by atoms with Gasteiger partial charge in [-0.15, -0.1) is 0 Å². The van der Waals surface area contributed by atoms with Crippen LogP contribution in [0.2, 0.25) is 0 Å². The largest absolute Gasteiger partial charge is 0.493 e. The lowest BCUT2D eigenvalue weighted by molar-refractivity contribution is 0.281. The molecule has 2 atom stereocenters. The molecule has 2 unspecified atom stereocenters. The van der Waals surface area contributed by atoms with Crippen molar-refractivity contribution in [2.75, 3.05) is 26.4 Å². The van der Waals surface area contributed by atoms with Gasteiger partial charge < -0.3 is 18.9 Å². The standard InChI is InChI=1S/C45H72O4/c1-13-42(5,6)36-26-32(27-37(43(7,8)14-2)40(36)46-23-19-17-21-34-30-48-34)25-33-28-38(44(9,10)15-3)41(39(29-33)45(11,12)16-4)47-24-20-18-22-35-31-49-35/h26-29,34-35H,13-25,30-31H2,1-12H3. The quantitative estimate of drug-likeness (QED) is 0.0919. The molecule has 0 bridgehead atoms. The summed E-state index contributed by atoms with van der Waals surface area (Å²) in [6.45, 7) is 31.7. The second-order valence-electron chi connectivity index (χ2n) is 17.8. The van der Waals surface area contributed by atoms with Crippen LogP contribution in [0.5, 0.6) is 11.5 Å². The summed E-state index contributed by atoms with van der Waals surface area (Å²) >= 11 is 0. The van der Waals surface area contributed by atoms with Crippen molar-refractivity contribution in [1.29, 1.82) is 0 Å². The van der Waals surface area contributed by atoms with E-state index in [0.29, 0.717) is 12.2 Å². The van der Waals surface area contributed by atoms with Gasteiger partial charge in [0.15, 0.2) is 0 Å². The first-order valence-corrected chi connectivity index (χ1v) is 19.9. The van der Waals surface area contributed by atoms with E-state index in [1.54, 1.807) is 0 Å². The maximum absolute atomic E-state index is 6.83. The van der Waals surface area contributed by atoms with Gasteiger partial charge >= 0.3 is 0 Å². The smallest absolute Gasteiger partial charge is 0.126 e. The summed E-state index contributed by atoms with van der Waals surface area (Å²) < 4.78 is 24.6. The van der Waals surface area contributed by atoms with E-state index in [4.69, 9.17) is 18.9 Å². The van der Waals surface area contributed by atoms with Crippen molar-refractivity contribution in [3.63, 3.8) is 0 Å². The predicted octanol–water partition coefficient (Wildman–Crippen LogP) is 11.9. The molecule has 2 aromatic carbocycles. The average Bonchev–Trinajstić information content (AvgIpc) is 4.01. The molecular weight excluding hydrogens is 604 g/mol. The Morgan fingerprint density at radius 1 is 0.510 bits per heavy atom. The molecule has 0 saturated carbocycles. The van der Waals surface area contributed by atoms with Gasteiger partial charge in [0.25, 0.3) is 0 Å². The van der Waals surface area contributed by atoms with Gasteiger partial charge in [0.1, 0.15) is 11.5 Å². The van der Waals surface area contributed by atoms with Crippen LogP contribution in [-0.4, -0.2) is 38.6 Å². The highest BCUT2D eigenvalue weighted by Crippen LogP contribution is 2.46. The molecule has 0 aliphatic carbocycles. The van der Waals surface area contributed by atoms with Crippen molar-refractivity contribution >= 4 is 0 Å². The summed E-state index contributed by atoms with van der Waals surface area (Å²) in [5.41, 5.74) is 8.18. The summed E-state index contributed by atoms with van der Waals surface area (Å²) in [4.78, 5) is 0. The monoisotopic (exact) mass is 677 g/mol. The molecule has 0 N–H and O–H groups in total. The molecular formula is C45H72O4. The van der Waals surface area contributed by atoms with Gasteiger partial charge in [0.2, 0.25) is 0 Å². The van der Waals surface area contributed by atoms with Gasteiger partial charge in [0, 0.05) is 22.3 Å². The molecule has 0 amide bonds. The van der Waals surface area contributed by atoms with E-state index in [1.165, 1.54) is 33.4 Å². The summed E-state index contributed by atoms with van der Waals surface area (Å²) in [5, 5.41) is 0. The van der Waals surface area contributed by atoms with E-state index in [0.717, 1.165) is 109 Å². The number of unbranched alkanes of at least 4 members (excludes halogenated alkanes) is 2. The zero-order valence-corrected chi connectivity index (χ0v) is 33.7. The highest BCUT2D eigenvalue weighted by molar-refractivity contribution is 5.55. The van der Waals surface area contributed by atoms with E-state index in [2.05, 4.69) is 107 Å². The number of ether oxygens (including phenoxy) is 4. The summed E-state index contributed by atoms with van der Waals surface area (Å²) in [5.74, 6) is 2.26. The predicted molar refractivity (Wildman–Crippen MR) is 207 cm³/mol. The van der Waals surface area contributed by atoms with Crippen molar-refractivity contribution in [3.05, 3.63) is 57.6 Å². The molecule has 0 spiro atoms. The fraction of sp³-hybridized carbons (Fsp3) is 0.733. The van der Waals surface area contributed by atoms with Crippen molar-refractivity contribution in [1.82, 2.24) is 0 Å². The Bertz CT molecular complexity index is 1180. The Labute approximate surface area is 301 Å². The summed E-state index contributed by atoms with van der Waals surface area (Å²) in [6.07, 6.45) is 12.8. The van der Waals surface area contributed by atoms with Gasteiger partial charge in [-0.2, -0.15) is 0 Å². The molecule has 0 aromatic heterocycles. The van der Waals surface area contributed by atoms with Crippen LogP contribution in [0, 0.1) is 0 Å². The maximum atomic E-state index is 6.83. The lowest BCUT2D eigenvalue weighted by Crippen LogP contribution is -2.24. The van der Waals surface area contributed by atoms with Gasteiger partial charge in [-0.25, -0.2) is 0 Å². The molecule has 4 rings (SSSR count). The molecule has 2 aliphatic heterocycles.